The van der Waals surface area contributed by atoms with Gasteiger partial charge in [-0.15, -0.1) is 0 Å². The van der Waals surface area contributed by atoms with E-state index >= 15 is 0 Å². The molecule has 21 heavy (non-hydrogen) atoms. The summed E-state index contributed by atoms with van der Waals surface area (Å²) in [6.07, 6.45) is -0.321. The largest absolute Gasteiger partial charge is 0.444 e. The Balaban J connectivity index is 2.22. The minimum absolute atomic E-state index is 0.0713. The van der Waals surface area contributed by atoms with Gasteiger partial charge in [-0.05, 0) is 51.1 Å². The van der Waals surface area contributed by atoms with E-state index in [1.54, 1.807) is 17.0 Å². The standard InChI is InChI=1S/C16H23FN2O2/c1-16(2,3)21-15(20)19-9-11-5-6-13(17)7-14(11)12(10-19)8-18-4/h5-7,12,18H,8-10H2,1-4H3. The highest BCUT2D eigenvalue weighted by molar-refractivity contribution is 5.69. The molecule has 4 nitrogen and oxygen atoms in total. The molecular weight excluding hydrogens is 271 g/mol. The first kappa shape index (κ1) is 15.8. The number of likely N-dealkylation sites (N-methyl/N-ethyl adjacent to an activating group) is 1. The van der Waals surface area contributed by atoms with E-state index in [1.807, 2.05) is 27.8 Å². The van der Waals surface area contributed by atoms with Crippen molar-refractivity contribution >= 4 is 6.09 Å². The lowest BCUT2D eigenvalue weighted by atomic mass is 9.89. The molecule has 1 N–H and O–H groups in total. The summed E-state index contributed by atoms with van der Waals surface area (Å²) in [5.41, 5.74) is 1.44. The summed E-state index contributed by atoms with van der Waals surface area (Å²) in [6, 6.07) is 4.77. The summed E-state index contributed by atoms with van der Waals surface area (Å²) in [4.78, 5) is 13.9. The SMILES string of the molecule is CNCC1CN(C(=O)OC(C)(C)C)Cc2ccc(F)cc21. The lowest BCUT2D eigenvalue weighted by molar-refractivity contribution is 0.0205. The summed E-state index contributed by atoms with van der Waals surface area (Å²) >= 11 is 0. The second kappa shape index (κ2) is 6.02. The molecule has 0 aromatic heterocycles. The minimum atomic E-state index is -0.515. The molecule has 116 valence electrons. The van der Waals surface area contributed by atoms with E-state index in [0.29, 0.717) is 19.6 Å². The maximum Gasteiger partial charge on any atom is 0.410 e. The van der Waals surface area contributed by atoms with Crippen molar-refractivity contribution in [3.05, 3.63) is 35.1 Å². The summed E-state index contributed by atoms with van der Waals surface area (Å²) in [5.74, 6) is -0.164. The van der Waals surface area contributed by atoms with Crippen molar-refractivity contribution in [1.82, 2.24) is 10.2 Å². The first-order valence-electron chi connectivity index (χ1n) is 7.21. The predicted octanol–water partition coefficient (Wildman–Crippen LogP) is 2.88. The zero-order chi connectivity index (χ0) is 15.6. The van der Waals surface area contributed by atoms with Gasteiger partial charge in [0.2, 0.25) is 0 Å². The van der Waals surface area contributed by atoms with E-state index in [-0.39, 0.29) is 17.8 Å². The number of hydrogen-bond donors (Lipinski definition) is 1. The van der Waals surface area contributed by atoms with Crippen molar-refractivity contribution in [2.75, 3.05) is 20.1 Å². The van der Waals surface area contributed by atoms with Crippen LogP contribution in [0.3, 0.4) is 0 Å². The Bertz CT molecular complexity index is 525. The highest BCUT2D eigenvalue weighted by atomic mass is 19.1. The Morgan fingerprint density at radius 2 is 2.19 bits per heavy atom. The molecule has 0 fully saturated rings. The normalized spacial score (nSPS) is 18.3. The van der Waals surface area contributed by atoms with Crippen molar-refractivity contribution in [2.24, 2.45) is 0 Å². The molecule has 0 radical (unpaired) electrons. The summed E-state index contributed by atoms with van der Waals surface area (Å²) in [5, 5.41) is 3.10. The molecule has 2 rings (SSSR count). The molecule has 1 heterocycles. The Labute approximate surface area is 125 Å². The number of nitrogens with one attached hydrogen (secondary N) is 1. The molecule has 1 unspecified atom stereocenters. The van der Waals surface area contributed by atoms with Gasteiger partial charge in [-0.3, -0.25) is 0 Å². The molecule has 1 atom stereocenters. The molecule has 5 heteroatoms. The summed E-state index contributed by atoms with van der Waals surface area (Å²) in [7, 11) is 1.85. The van der Waals surface area contributed by atoms with Gasteiger partial charge in [0.15, 0.2) is 0 Å². The fraction of sp³-hybridized carbons (Fsp3) is 0.562. The fourth-order valence-corrected chi connectivity index (χ4v) is 2.61. The Kier molecular flexibility index (Phi) is 4.52. The highest BCUT2D eigenvalue weighted by Gasteiger charge is 2.30. The van der Waals surface area contributed by atoms with E-state index < -0.39 is 5.60 Å². The van der Waals surface area contributed by atoms with Crippen molar-refractivity contribution in [1.29, 1.82) is 0 Å². The Morgan fingerprint density at radius 1 is 1.48 bits per heavy atom. The minimum Gasteiger partial charge on any atom is -0.444 e. The van der Waals surface area contributed by atoms with Crippen molar-refractivity contribution < 1.29 is 13.9 Å². The van der Waals surface area contributed by atoms with Crippen LogP contribution in [0, 0.1) is 5.82 Å². The van der Waals surface area contributed by atoms with E-state index in [1.165, 1.54) is 6.07 Å². The molecule has 0 saturated carbocycles. The van der Waals surface area contributed by atoms with E-state index in [2.05, 4.69) is 5.32 Å². The van der Waals surface area contributed by atoms with Crippen molar-refractivity contribution in [3.63, 3.8) is 0 Å². The van der Waals surface area contributed by atoms with Crippen LogP contribution < -0.4 is 5.32 Å². The van der Waals surface area contributed by atoms with Crippen LogP contribution in [0.2, 0.25) is 0 Å². The average molecular weight is 294 g/mol. The van der Waals surface area contributed by atoms with E-state index in [9.17, 15) is 9.18 Å². The second-order valence-electron chi connectivity index (χ2n) is 6.46. The number of carbonyl (C=O) groups excluding carboxylic acids is 1. The van der Waals surface area contributed by atoms with E-state index in [4.69, 9.17) is 4.74 Å². The van der Waals surface area contributed by atoms with Crippen LogP contribution in [0.15, 0.2) is 18.2 Å². The van der Waals surface area contributed by atoms with Gasteiger partial charge in [0.25, 0.3) is 0 Å². The number of carbonyl (C=O) groups is 1. The number of amides is 1. The number of benzene rings is 1. The van der Waals surface area contributed by atoms with Gasteiger partial charge >= 0.3 is 6.09 Å². The third-order valence-corrected chi connectivity index (χ3v) is 3.45. The number of nitrogens with zero attached hydrogens (tertiary/aromatic N) is 1. The molecular formula is C16H23FN2O2. The Morgan fingerprint density at radius 3 is 2.81 bits per heavy atom. The lowest BCUT2D eigenvalue weighted by Gasteiger charge is -2.35. The van der Waals surface area contributed by atoms with Crippen LogP contribution in [-0.2, 0) is 11.3 Å². The third-order valence-electron chi connectivity index (χ3n) is 3.45. The van der Waals surface area contributed by atoms with Crippen LogP contribution in [0.25, 0.3) is 0 Å². The van der Waals surface area contributed by atoms with Crippen LogP contribution in [0.5, 0.6) is 0 Å². The highest BCUT2D eigenvalue weighted by Crippen LogP contribution is 2.29. The number of fused-ring (bicyclic) bond motifs is 1. The molecule has 1 aromatic carbocycles. The number of ether oxygens (including phenoxy) is 1. The van der Waals surface area contributed by atoms with Crippen LogP contribution >= 0.6 is 0 Å². The van der Waals surface area contributed by atoms with Crippen molar-refractivity contribution in [2.45, 2.75) is 38.8 Å². The first-order valence-corrected chi connectivity index (χ1v) is 7.21. The molecule has 0 saturated heterocycles. The predicted molar refractivity (Wildman–Crippen MR) is 79.7 cm³/mol. The molecule has 0 bridgehead atoms. The van der Waals surface area contributed by atoms with Gasteiger partial charge in [-0.25, -0.2) is 9.18 Å². The molecule has 1 aromatic rings. The molecule has 1 amide bonds. The first-order chi connectivity index (χ1) is 9.80. The molecule has 1 aliphatic rings. The number of halogens is 1. The summed E-state index contributed by atoms with van der Waals surface area (Å²) < 4.78 is 18.9. The quantitative estimate of drug-likeness (QED) is 0.912. The van der Waals surface area contributed by atoms with Crippen LogP contribution in [-0.4, -0.2) is 36.7 Å². The monoisotopic (exact) mass is 294 g/mol. The Hall–Kier alpha value is -1.62. The van der Waals surface area contributed by atoms with Crippen molar-refractivity contribution in [3.8, 4) is 0 Å². The van der Waals surface area contributed by atoms with Crippen LogP contribution in [0.4, 0.5) is 9.18 Å². The second-order valence-corrected chi connectivity index (χ2v) is 6.46. The van der Waals surface area contributed by atoms with Gasteiger partial charge in [-0.2, -0.15) is 0 Å². The number of rotatable bonds is 2. The lowest BCUT2D eigenvalue weighted by Crippen LogP contribution is -2.43. The molecule has 0 aliphatic carbocycles. The third kappa shape index (κ3) is 3.94. The fourth-order valence-electron chi connectivity index (χ4n) is 2.61. The zero-order valence-electron chi connectivity index (χ0n) is 13.1. The smallest absolute Gasteiger partial charge is 0.410 e. The zero-order valence-corrected chi connectivity index (χ0v) is 13.1. The van der Waals surface area contributed by atoms with Gasteiger partial charge in [-0.1, -0.05) is 6.07 Å². The van der Waals surface area contributed by atoms with Gasteiger partial charge in [0, 0.05) is 25.6 Å². The van der Waals surface area contributed by atoms with E-state index in [0.717, 1.165) is 11.1 Å². The van der Waals surface area contributed by atoms with Gasteiger partial charge < -0.3 is 15.0 Å². The summed E-state index contributed by atoms with van der Waals surface area (Å²) in [6.45, 7) is 7.24. The average Bonchev–Trinajstić information content (AvgIpc) is 2.37. The van der Waals surface area contributed by atoms with Gasteiger partial charge in [0.05, 0.1) is 0 Å². The van der Waals surface area contributed by atoms with Crippen LogP contribution in [0.1, 0.15) is 37.8 Å². The maximum atomic E-state index is 13.5. The molecule has 0 spiro atoms. The topological polar surface area (TPSA) is 41.6 Å². The maximum absolute atomic E-state index is 13.5. The molecule has 1 aliphatic heterocycles. The number of hydrogen-bond acceptors (Lipinski definition) is 3. The van der Waals surface area contributed by atoms with Gasteiger partial charge in [0.1, 0.15) is 11.4 Å².